The van der Waals surface area contributed by atoms with Crippen molar-refractivity contribution in [2.75, 3.05) is 6.26 Å². The Labute approximate surface area is 118 Å². The number of benzene rings is 2. The zero-order valence-corrected chi connectivity index (χ0v) is 11.8. The zero-order chi connectivity index (χ0) is 14.6. The normalized spacial score (nSPS) is 12.3. The summed E-state index contributed by atoms with van der Waals surface area (Å²) in [5, 5.41) is 12.5. The van der Waals surface area contributed by atoms with Gasteiger partial charge < -0.3 is 5.21 Å². The molecule has 0 amide bonds. The van der Waals surface area contributed by atoms with Crippen molar-refractivity contribution in [1.82, 2.24) is 0 Å². The van der Waals surface area contributed by atoms with Gasteiger partial charge in [0.05, 0.1) is 10.6 Å². The van der Waals surface area contributed by atoms with Gasteiger partial charge in [0.15, 0.2) is 9.84 Å². The van der Waals surface area contributed by atoms with Gasteiger partial charge in [-0.25, -0.2) is 8.42 Å². The summed E-state index contributed by atoms with van der Waals surface area (Å²) in [6, 6.07) is 15.9. The molecule has 5 heteroatoms. The van der Waals surface area contributed by atoms with Crippen LogP contribution in [0.15, 0.2) is 64.6 Å². The van der Waals surface area contributed by atoms with Crippen LogP contribution in [-0.2, 0) is 16.3 Å². The molecular formula is C15H15NO3S. The Morgan fingerprint density at radius 2 is 1.65 bits per heavy atom. The molecular weight excluding hydrogens is 274 g/mol. The zero-order valence-electron chi connectivity index (χ0n) is 11.0. The third kappa shape index (κ3) is 3.45. The van der Waals surface area contributed by atoms with Crippen molar-refractivity contribution in [3.05, 3.63) is 65.7 Å². The van der Waals surface area contributed by atoms with E-state index in [1.807, 2.05) is 30.3 Å². The summed E-state index contributed by atoms with van der Waals surface area (Å²) in [5.41, 5.74) is 2.22. The molecule has 0 aliphatic rings. The molecule has 0 bridgehead atoms. The van der Waals surface area contributed by atoms with Gasteiger partial charge in [0, 0.05) is 12.7 Å². The van der Waals surface area contributed by atoms with Gasteiger partial charge in [0.2, 0.25) is 0 Å². The van der Waals surface area contributed by atoms with Crippen molar-refractivity contribution in [1.29, 1.82) is 0 Å². The minimum absolute atomic E-state index is 0.248. The number of rotatable bonds is 4. The van der Waals surface area contributed by atoms with Crippen LogP contribution in [0.4, 0.5) is 0 Å². The highest BCUT2D eigenvalue weighted by molar-refractivity contribution is 7.90. The summed E-state index contributed by atoms with van der Waals surface area (Å²) in [6.45, 7) is 0. The molecule has 0 aliphatic carbocycles. The summed E-state index contributed by atoms with van der Waals surface area (Å²) < 4.78 is 22.8. The summed E-state index contributed by atoms with van der Waals surface area (Å²) in [7, 11) is -3.21. The second-order valence-corrected chi connectivity index (χ2v) is 6.52. The Balaban J connectivity index is 2.25. The van der Waals surface area contributed by atoms with E-state index >= 15 is 0 Å². The number of hydrogen-bond donors (Lipinski definition) is 1. The number of hydrogen-bond acceptors (Lipinski definition) is 4. The highest BCUT2D eigenvalue weighted by Gasteiger charge is 2.09. The second-order valence-electron chi connectivity index (χ2n) is 4.51. The largest absolute Gasteiger partial charge is 0.411 e. The first kappa shape index (κ1) is 14.3. The van der Waals surface area contributed by atoms with Crippen LogP contribution in [0.5, 0.6) is 0 Å². The highest BCUT2D eigenvalue weighted by Crippen LogP contribution is 2.13. The van der Waals surface area contributed by atoms with Crippen LogP contribution in [0.2, 0.25) is 0 Å². The predicted molar refractivity (Wildman–Crippen MR) is 78.0 cm³/mol. The van der Waals surface area contributed by atoms with Crippen LogP contribution in [-0.4, -0.2) is 25.6 Å². The molecule has 0 unspecified atom stereocenters. The van der Waals surface area contributed by atoms with E-state index in [1.54, 1.807) is 12.1 Å². The van der Waals surface area contributed by atoms with E-state index in [1.165, 1.54) is 12.1 Å². The Kier molecular flexibility index (Phi) is 4.20. The van der Waals surface area contributed by atoms with E-state index in [9.17, 15) is 8.42 Å². The van der Waals surface area contributed by atoms with Crippen LogP contribution in [0, 0.1) is 0 Å². The maximum Gasteiger partial charge on any atom is 0.175 e. The van der Waals surface area contributed by atoms with E-state index in [-0.39, 0.29) is 4.90 Å². The molecule has 20 heavy (non-hydrogen) atoms. The molecule has 2 aromatic rings. The minimum Gasteiger partial charge on any atom is -0.411 e. The maximum atomic E-state index is 11.4. The van der Waals surface area contributed by atoms with Gasteiger partial charge >= 0.3 is 0 Å². The monoisotopic (exact) mass is 289 g/mol. The van der Waals surface area contributed by atoms with Crippen LogP contribution in [0.1, 0.15) is 11.1 Å². The van der Waals surface area contributed by atoms with E-state index in [2.05, 4.69) is 5.16 Å². The van der Waals surface area contributed by atoms with Crippen molar-refractivity contribution >= 4 is 15.5 Å². The van der Waals surface area contributed by atoms with E-state index in [0.29, 0.717) is 17.7 Å². The topological polar surface area (TPSA) is 66.7 Å². The first-order valence-electron chi connectivity index (χ1n) is 6.06. The molecule has 1 N–H and O–H groups in total. The molecule has 0 heterocycles. The Hall–Kier alpha value is -2.14. The standard InChI is InChI=1S/C15H15NO3S/c1-20(18,19)14-9-7-13(8-10-14)15(16-17)11-12-5-3-2-4-6-12/h2-10,17H,11H2,1H3/b16-15+. The fraction of sp³-hybridized carbons (Fsp3) is 0.133. The van der Waals surface area contributed by atoms with Gasteiger partial charge in [-0.05, 0) is 23.3 Å². The van der Waals surface area contributed by atoms with Crippen LogP contribution < -0.4 is 0 Å². The SMILES string of the molecule is CS(=O)(=O)c1ccc(/C(Cc2ccccc2)=N/O)cc1. The average molecular weight is 289 g/mol. The minimum atomic E-state index is -3.21. The van der Waals surface area contributed by atoms with Crippen molar-refractivity contribution in [2.45, 2.75) is 11.3 Å². The predicted octanol–water partition coefficient (Wildman–Crippen LogP) is 2.51. The molecule has 0 aliphatic heterocycles. The second kappa shape index (κ2) is 5.88. The maximum absolute atomic E-state index is 11.4. The third-order valence-electron chi connectivity index (χ3n) is 2.95. The quantitative estimate of drug-likeness (QED) is 0.534. The van der Waals surface area contributed by atoms with Crippen molar-refractivity contribution in [2.24, 2.45) is 5.16 Å². The molecule has 0 radical (unpaired) electrons. The number of sulfone groups is 1. The van der Waals surface area contributed by atoms with Crippen LogP contribution in [0.3, 0.4) is 0 Å². The fourth-order valence-corrected chi connectivity index (χ4v) is 2.51. The summed E-state index contributed by atoms with van der Waals surface area (Å²) >= 11 is 0. The van der Waals surface area contributed by atoms with Crippen molar-refractivity contribution < 1.29 is 13.6 Å². The molecule has 0 saturated heterocycles. The Bertz CT molecular complexity index is 705. The summed E-state index contributed by atoms with van der Waals surface area (Å²) in [4.78, 5) is 0.248. The molecule has 0 atom stereocenters. The number of nitrogens with zero attached hydrogens (tertiary/aromatic N) is 1. The molecule has 2 aromatic carbocycles. The average Bonchev–Trinajstić information content (AvgIpc) is 2.45. The molecule has 0 saturated carbocycles. The Morgan fingerprint density at radius 1 is 1.05 bits per heavy atom. The van der Waals surface area contributed by atoms with Crippen molar-refractivity contribution in [3.8, 4) is 0 Å². The molecule has 104 valence electrons. The lowest BCUT2D eigenvalue weighted by molar-refractivity contribution is 0.318. The molecule has 4 nitrogen and oxygen atoms in total. The molecule has 0 aromatic heterocycles. The van der Waals surface area contributed by atoms with Gasteiger partial charge in [-0.1, -0.05) is 47.6 Å². The summed E-state index contributed by atoms with van der Waals surface area (Å²) in [5.74, 6) is 0. The lowest BCUT2D eigenvalue weighted by Crippen LogP contribution is -2.06. The van der Waals surface area contributed by atoms with Gasteiger partial charge in [-0.3, -0.25) is 0 Å². The first-order chi connectivity index (χ1) is 9.50. The smallest absolute Gasteiger partial charge is 0.175 e. The van der Waals surface area contributed by atoms with Crippen LogP contribution >= 0.6 is 0 Å². The van der Waals surface area contributed by atoms with Gasteiger partial charge in [-0.15, -0.1) is 0 Å². The van der Waals surface area contributed by atoms with Crippen LogP contribution in [0.25, 0.3) is 0 Å². The summed E-state index contributed by atoms with van der Waals surface area (Å²) in [6.07, 6.45) is 1.64. The van der Waals surface area contributed by atoms with Gasteiger partial charge in [0.1, 0.15) is 0 Å². The van der Waals surface area contributed by atoms with E-state index in [0.717, 1.165) is 11.8 Å². The van der Waals surface area contributed by atoms with E-state index in [4.69, 9.17) is 5.21 Å². The molecule has 2 rings (SSSR count). The molecule has 0 fully saturated rings. The fourth-order valence-electron chi connectivity index (χ4n) is 1.88. The lowest BCUT2D eigenvalue weighted by atomic mass is 10.0. The first-order valence-corrected chi connectivity index (χ1v) is 7.95. The highest BCUT2D eigenvalue weighted by atomic mass is 32.2. The Morgan fingerprint density at radius 3 is 2.15 bits per heavy atom. The van der Waals surface area contributed by atoms with Gasteiger partial charge in [0.25, 0.3) is 0 Å². The number of oxime groups is 1. The molecule has 0 spiro atoms. The van der Waals surface area contributed by atoms with Gasteiger partial charge in [-0.2, -0.15) is 0 Å². The van der Waals surface area contributed by atoms with E-state index < -0.39 is 9.84 Å². The van der Waals surface area contributed by atoms with Crippen molar-refractivity contribution in [3.63, 3.8) is 0 Å². The lowest BCUT2D eigenvalue weighted by Gasteiger charge is -2.06. The third-order valence-corrected chi connectivity index (χ3v) is 4.08.